The second-order valence-electron chi connectivity index (χ2n) is 8.55. The number of rotatable bonds is 9. The molecule has 3 aromatic rings. The van der Waals surface area contributed by atoms with Crippen LogP contribution >= 0.6 is 0 Å². The summed E-state index contributed by atoms with van der Waals surface area (Å²) in [6.07, 6.45) is -0.282. The van der Waals surface area contributed by atoms with Crippen LogP contribution in [0.25, 0.3) is 0 Å². The molecule has 188 valence electrons. The smallest absolute Gasteiger partial charge is 0.254 e. The summed E-state index contributed by atoms with van der Waals surface area (Å²) in [5.74, 6) is -0.854. The molecule has 0 bridgehead atoms. The van der Waals surface area contributed by atoms with Gasteiger partial charge >= 0.3 is 0 Å². The van der Waals surface area contributed by atoms with Crippen molar-refractivity contribution in [2.24, 2.45) is 0 Å². The fourth-order valence-electron chi connectivity index (χ4n) is 3.98. The standard InChI is InChI=1S/C27H30N4O5/c32-24(25(33)27(35)31-14-12-30(13-15-31)22-8-2-1-3-9-22)26(34)29-18-20-6-4-10-23(16-20)36-19-21-7-5-11-28-17-21/h1-11,16-17,24-25,32-33H,12-15,18-19H2,(H,29,34)/t24-,25-/m1/s1. The van der Waals surface area contributed by atoms with E-state index in [1.165, 1.54) is 4.90 Å². The molecule has 0 unspecified atom stereocenters. The normalized spacial score (nSPS) is 15.2. The molecule has 2 amide bonds. The monoisotopic (exact) mass is 490 g/mol. The van der Waals surface area contributed by atoms with Crippen molar-refractivity contribution in [3.05, 3.63) is 90.3 Å². The highest BCUT2D eigenvalue weighted by atomic mass is 16.5. The predicted octanol–water partition coefficient (Wildman–Crippen LogP) is 1.35. The van der Waals surface area contributed by atoms with Crippen molar-refractivity contribution < 1.29 is 24.5 Å². The van der Waals surface area contributed by atoms with E-state index in [1.54, 1.807) is 36.7 Å². The second-order valence-corrected chi connectivity index (χ2v) is 8.55. The third-order valence-corrected chi connectivity index (χ3v) is 6.03. The Morgan fingerprint density at radius 3 is 2.39 bits per heavy atom. The van der Waals surface area contributed by atoms with E-state index in [2.05, 4.69) is 15.2 Å². The summed E-state index contributed by atoms with van der Waals surface area (Å²) in [5.41, 5.74) is 2.74. The van der Waals surface area contributed by atoms with Gasteiger partial charge in [-0.3, -0.25) is 14.6 Å². The lowest BCUT2D eigenvalue weighted by atomic mass is 10.1. The van der Waals surface area contributed by atoms with Crippen molar-refractivity contribution in [1.82, 2.24) is 15.2 Å². The zero-order chi connectivity index (χ0) is 25.3. The van der Waals surface area contributed by atoms with Crippen LogP contribution in [0.5, 0.6) is 5.75 Å². The van der Waals surface area contributed by atoms with E-state index in [4.69, 9.17) is 4.74 Å². The Balaban J connectivity index is 1.24. The topological polar surface area (TPSA) is 115 Å². The first-order valence-electron chi connectivity index (χ1n) is 11.8. The number of piperazine rings is 1. The zero-order valence-electron chi connectivity index (χ0n) is 19.9. The highest BCUT2D eigenvalue weighted by Crippen LogP contribution is 2.17. The first-order valence-corrected chi connectivity index (χ1v) is 11.8. The van der Waals surface area contributed by atoms with Gasteiger partial charge in [0, 0.05) is 56.4 Å². The van der Waals surface area contributed by atoms with Crippen LogP contribution in [0.4, 0.5) is 5.69 Å². The summed E-state index contributed by atoms with van der Waals surface area (Å²) in [6, 6.07) is 20.8. The molecule has 9 nitrogen and oxygen atoms in total. The van der Waals surface area contributed by atoms with Gasteiger partial charge in [-0.05, 0) is 35.9 Å². The van der Waals surface area contributed by atoms with E-state index in [0.717, 1.165) is 16.8 Å². The van der Waals surface area contributed by atoms with Crippen LogP contribution in [-0.2, 0) is 22.7 Å². The first kappa shape index (κ1) is 25.2. The minimum Gasteiger partial charge on any atom is -0.489 e. The lowest BCUT2D eigenvalue weighted by Gasteiger charge is -2.37. The second kappa shape index (κ2) is 12.1. The number of aliphatic hydroxyl groups excluding tert-OH is 2. The number of amides is 2. The van der Waals surface area contributed by atoms with Gasteiger partial charge < -0.3 is 30.1 Å². The number of benzene rings is 2. The third-order valence-electron chi connectivity index (χ3n) is 6.03. The number of hydrogen-bond donors (Lipinski definition) is 3. The number of nitrogens with one attached hydrogen (secondary N) is 1. The molecule has 1 aromatic heterocycles. The van der Waals surface area contributed by atoms with Gasteiger partial charge in [0.1, 0.15) is 12.4 Å². The van der Waals surface area contributed by atoms with Gasteiger partial charge in [-0.2, -0.15) is 0 Å². The third kappa shape index (κ3) is 6.59. The molecular formula is C27H30N4O5. The van der Waals surface area contributed by atoms with Crippen LogP contribution in [0, 0.1) is 0 Å². The van der Waals surface area contributed by atoms with Crippen LogP contribution < -0.4 is 15.0 Å². The van der Waals surface area contributed by atoms with Crippen LogP contribution in [0.2, 0.25) is 0 Å². The number of para-hydroxylation sites is 1. The maximum Gasteiger partial charge on any atom is 0.254 e. The Morgan fingerprint density at radius 1 is 0.917 bits per heavy atom. The van der Waals surface area contributed by atoms with Crippen LogP contribution in [-0.4, -0.2) is 70.3 Å². The largest absolute Gasteiger partial charge is 0.489 e. The average Bonchev–Trinajstić information content (AvgIpc) is 2.95. The van der Waals surface area contributed by atoms with E-state index >= 15 is 0 Å². The molecule has 2 heterocycles. The van der Waals surface area contributed by atoms with Gasteiger partial charge in [0.25, 0.3) is 11.8 Å². The molecule has 0 aliphatic carbocycles. The maximum atomic E-state index is 12.7. The van der Waals surface area contributed by atoms with E-state index in [-0.39, 0.29) is 6.54 Å². The van der Waals surface area contributed by atoms with E-state index in [9.17, 15) is 19.8 Å². The fraction of sp³-hybridized carbons (Fsp3) is 0.296. The van der Waals surface area contributed by atoms with Crippen LogP contribution in [0.1, 0.15) is 11.1 Å². The Morgan fingerprint density at radius 2 is 1.67 bits per heavy atom. The Bertz CT molecular complexity index is 1140. The number of aliphatic hydroxyl groups is 2. The van der Waals surface area contributed by atoms with Crippen molar-refractivity contribution in [1.29, 1.82) is 0 Å². The summed E-state index contributed by atoms with van der Waals surface area (Å²) in [7, 11) is 0. The minimum atomic E-state index is -1.87. The number of nitrogens with zero attached hydrogens (tertiary/aromatic N) is 3. The number of pyridine rings is 1. The quantitative estimate of drug-likeness (QED) is 0.415. The Labute approximate surface area is 210 Å². The molecule has 0 saturated carbocycles. The Kier molecular flexibility index (Phi) is 8.48. The number of anilines is 1. The molecule has 36 heavy (non-hydrogen) atoms. The highest BCUT2D eigenvalue weighted by molar-refractivity contribution is 5.90. The van der Waals surface area contributed by atoms with Gasteiger partial charge in [-0.1, -0.05) is 36.4 Å². The lowest BCUT2D eigenvalue weighted by molar-refractivity contribution is -0.153. The lowest BCUT2D eigenvalue weighted by Crippen LogP contribution is -2.55. The summed E-state index contributed by atoms with van der Waals surface area (Å²) in [6.45, 7) is 2.46. The van der Waals surface area contributed by atoms with Crippen LogP contribution in [0.3, 0.4) is 0 Å². The summed E-state index contributed by atoms with van der Waals surface area (Å²) >= 11 is 0. The summed E-state index contributed by atoms with van der Waals surface area (Å²) in [4.78, 5) is 32.8. The molecule has 1 saturated heterocycles. The SMILES string of the molecule is O=C(NCc1cccc(OCc2cccnc2)c1)[C@H](O)[C@@H](O)C(=O)N1CCN(c2ccccc2)CC1. The summed E-state index contributed by atoms with van der Waals surface area (Å²) in [5, 5.41) is 23.3. The summed E-state index contributed by atoms with van der Waals surface area (Å²) < 4.78 is 5.76. The number of hydrogen-bond acceptors (Lipinski definition) is 7. The molecule has 2 aromatic carbocycles. The molecule has 0 spiro atoms. The minimum absolute atomic E-state index is 0.108. The number of aromatic nitrogens is 1. The molecule has 3 N–H and O–H groups in total. The number of ether oxygens (including phenoxy) is 1. The van der Waals surface area contributed by atoms with Crippen molar-refractivity contribution in [2.45, 2.75) is 25.4 Å². The number of carbonyl (C=O) groups is 2. The van der Waals surface area contributed by atoms with E-state index in [1.807, 2.05) is 42.5 Å². The number of carbonyl (C=O) groups excluding carboxylic acids is 2. The first-order chi connectivity index (χ1) is 17.5. The van der Waals surface area contributed by atoms with Crippen LogP contribution in [0.15, 0.2) is 79.1 Å². The molecule has 4 rings (SSSR count). The molecule has 2 atom stereocenters. The van der Waals surface area contributed by atoms with Crippen molar-refractivity contribution >= 4 is 17.5 Å². The molecule has 1 fully saturated rings. The van der Waals surface area contributed by atoms with Gasteiger partial charge in [0.15, 0.2) is 12.2 Å². The van der Waals surface area contributed by atoms with Gasteiger partial charge in [0.05, 0.1) is 0 Å². The van der Waals surface area contributed by atoms with Crippen molar-refractivity contribution in [2.75, 3.05) is 31.1 Å². The Hall–Kier alpha value is -3.95. The molecule has 0 radical (unpaired) electrons. The van der Waals surface area contributed by atoms with Gasteiger partial charge in [0.2, 0.25) is 0 Å². The van der Waals surface area contributed by atoms with Gasteiger partial charge in [-0.25, -0.2) is 0 Å². The van der Waals surface area contributed by atoms with E-state index in [0.29, 0.717) is 38.5 Å². The van der Waals surface area contributed by atoms with Crippen molar-refractivity contribution in [3.63, 3.8) is 0 Å². The molecule has 1 aliphatic heterocycles. The molecule has 1 aliphatic rings. The molecular weight excluding hydrogens is 460 g/mol. The zero-order valence-corrected chi connectivity index (χ0v) is 19.9. The van der Waals surface area contributed by atoms with Crippen molar-refractivity contribution in [3.8, 4) is 5.75 Å². The van der Waals surface area contributed by atoms with E-state index < -0.39 is 24.0 Å². The highest BCUT2D eigenvalue weighted by Gasteiger charge is 2.34. The van der Waals surface area contributed by atoms with Gasteiger partial charge in [-0.15, -0.1) is 0 Å². The predicted molar refractivity (Wildman–Crippen MR) is 134 cm³/mol. The molecule has 9 heteroatoms. The fourth-order valence-corrected chi connectivity index (χ4v) is 3.98. The average molecular weight is 491 g/mol. The maximum absolute atomic E-state index is 12.7.